The van der Waals surface area contributed by atoms with E-state index in [0.29, 0.717) is 24.0 Å². The molecule has 1 N–H and O–H groups in total. The molecule has 2 aliphatic heterocycles. The lowest BCUT2D eigenvalue weighted by Crippen LogP contribution is -2.42. The molecule has 1 aromatic heterocycles. The maximum Gasteiger partial charge on any atom is 0.260 e. The second kappa shape index (κ2) is 6.64. The first-order valence-corrected chi connectivity index (χ1v) is 8.76. The Morgan fingerprint density at radius 3 is 2.95 bits per heavy atom. The molecule has 0 aliphatic carbocycles. The maximum atomic E-state index is 12.8. The molecular weight excluding hydrogens is 312 g/mol. The average Bonchev–Trinajstić information content (AvgIpc) is 3.01. The normalized spacial score (nSPS) is 22.8. The van der Waals surface area contributed by atoms with Crippen molar-refractivity contribution in [1.82, 2.24) is 19.2 Å². The number of hydrogen-bond acceptors (Lipinski definition) is 4. The zero-order valence-electron chi connectivity index (χ0n) is 12.3. The molecule has 3 heterocycles. The van der Waals surface area contributed by atoms with E-state index in [0.717, 1.165) is 44.6 Å². The van der Waals surface area contributed by atoms with Crippen molar-refractivity contribution >= 4 is 22.4 Å². The lowest BCUT2D eigenvalue weighted by atomic mass is 10.00. The Hall–Kier alpha value is -0.630. The molecular formula is C13H23ClN4O2S. The molecule has 0 amide bonds. The molecule has 3 rings (SSSR count). The fourth-order valence-corrected chi connectivity index (χ4v) is 4.97. The molecule has 0 radical (unpaired) electrons. The van der Waals surface area contributed by atoms with Gasteiger partial charge >= 0.3 is 0 Å². The highest BCUT2D eigenvalue weighted by atomic mass is 35.5. The second-order valence-electron chi connectivity index (χ2n) is 5.70. The summed E-state index contributed by atoms with van der Waals surface area (Å²) in [5.41, 5.74) is 0. The number of rotatable bonds is 4. The number of nitrogens with zero attached hydrogens (tertiary/aromatic N) is 3. The molecule has 21 heavy (non-hydrogen) atoms. The Labute approximate surface area is 132 Å². The summed E-state index contributed by atoms with van der Waals surface area (Å²) in [7, 11) is -1.48. The summed E-state index contributed by atoms with van der Waals surface area (Å²) in [6, 6.07) is 0. The van der Waals surface area contributed by atoms with Gasteiger partial charge in [-0.05, 0) is 38.8 Å². The van der Waals surface area contributed by atoms with Gasteiger partial charge in [0.25, 0.3) is 10.0 Å². The number of sulfonamides is 1. The molecule has 1 saturated heterocycles. The van der Waals surface area contributed by atoms with E-state index in [-0.39, 0.29) is 12.4 Å². The third-order valence-corrected chi connectivity index (χ3v) is 6.13. The van der Waals surface area contributed by atoms with Crippen molar-refractivity contribution in [3.05, 3.63) is 12.0 Å². The van der Waals surface area contributed by atoms with Crippen LogP contribution in [0.25, 0.3) is 0 Å². The quantitative estimate of drug-likeness (QED) is 0.887. The van der Waals surface area contributed by atoms with Crippen molar-refractivity contribution < 1.29 is 8.42 Å². The second-order valence-corrected chi connectivity index (χ2v) is 7.58. The van der Waals surface area contributed by atoms with Gasteiger partial charge in [0.05, 0.1) is 6.20 Å². The van der Waals surface area contributed by atoms with Gasteiger partial charge < -0.3 is 9.88 Å². The summed E-state index contributed by atoms with van der Waals surface area (Å²) in [5.74, 6) is 1.32. The van der Waals surface area contributed by atoms with Crippen molar-refractivity contribution in [1.29, 1.82) is 0 Å². The minimum Gasteiger partial charge on any atom is -0.319 e. The zero-order chi connectivity index (χ0) is 14.2. The molecule has 0 spiro atoms. The number of fused-ring (bicyclic) bond motifs is 1. The topological polar surface area (TPSA) is 67.2 Å². The van der Waals surface area contributed by atoms with Crippen LogP contribution in [0.3, 0.4) is 0 Å². The van der Waals surface area contributed by atoms with Crippen LogP contribution in [0.1, 0.15) is 25.1 Å². The van der Waals surface area contributed by atoms with Gasteiger partial charge in [-0.2, -0.15) is 4.31 Å². The van der Waals surface area contributed by atoms with Crippen LogP contribution >= 0.6 is 12.4 Å². The largest absolute Gasteiger partial charge is 0.319 e. The number of halogens is 1. The van der Waals surface area contributed by atoms with Gasteiger partial charge in [-0.25, -0.2) is 13.4 Å². The van der Waals surface area contributed by atoms with E-state index in [1.807, 2.05) is 11.6 Å². The van der Waals surface area contributed by atoms with E-state index in [9.17, 15) is 8.42 Å². The van der Waals surface area contributed by atoms with Crippen LogP contribution in [0.15, 0.2) is 11.2 Å². The molecule has 8 heteroatoms. The summed E-state index contributed by atoms with van der Waals surface area (Å²) < 4.78 is 29.1. The van der Waals surface area contributed by atoms with Crippen molar-refractivity contribution in [2.45, 2.75) is 37.3 Å². The smallest absolute Gasteiger partial charge is 0.260 e. The van der Waals surface area contributed by atoms with E-state index in [1.54, 1.807) is 4.31 Å². The Morgan fingerprint density at radius 2 is 2.19 bits per heavy atom. The zero-order valence-corrected chi connectivity index (χ0v) is 13.9. The number of piperidine rings is 1. The SMILES string of the molecule is CNCC1CCCN(S(=O)(=O)c2cnc3n2CCC3)C1.Cl. The summed E-state index contributed by atoms with van der Waals surface area (Å²) in [4.78, 5) is 4.26. The van der Waals surface area contributed by atoms with Gasteiger partial charge in [-0.3, -0.25) is 0 Å². The summed E-state index contributed by atoms with van der Waals surface area (Å²) >= 11 is 0. The van der Waals surface area contributed by atoms with Gasteiger partial charge in [-0.1, -0.05) is 0 Å². The average molecular weight is 335 g/mol. The molecule has 1 atom stereocenters. The molecule has 0 aromatic carbocycles. The Kier molecular flexibility index (Phi) is 5.29. The lowest BCUT2D eigenvalue weighted by molar-refractivity contribution is 0.262. The highest BCUT2D eigenvalue weighted by molar-refractivity contribution is 7.89. The molecule has 120 valence electrons. The van der Waals surface area contributed by atoms with Gasteiger partial charge in [0.1, 0.15) is 5.82 Å². The number of nitrogens with one attached hydrogen (secondary N) is 1. The fourth-order valence-electron chi connectivity index (χ4n) is 3.27. The lowest BCUT2D eigenvalue weighted by Gasteiger charge is -2.31. The van der Waals surface area contributed by atoms with E-state index in [4.69, 9.17) is 0 Å². The third kappa shape index (κ3) is 3.11. The molecule has 2 aliphatic rings. The van der Waals surface area contributed by atoms with Gasteiger partial charge in [-0.15, -0.1) is 12.4 Å². The first-order valence-electron chi connectivity index (χ1n) is 7.32. The molecule has 6 nitrogen and oxygen atoms in total. The van der Waals surface area contributed by atoms with Gasteiger partial charge in [0, 0.05) is 26.1 Å². The Morgan fingerprint density at radius 1 is 1.38 bits per heavy atom. The van der Waals surface area contributed by atoms with Crippen LogP contribution in [0, 0.1) is 5.92 Å². The van der Waals surface area contributed by atoms with Crippen LogP contribution in [0.4, 0.5) is 0 Å². The highest BCUT2D eigenvalue weighted by Crippen LogP contribution is 2.26. The maximum absolute atomic E-state index is 12.8. The monoisotopic (exact) mass is 334 g/mol. The minimum absolute atomic E-state index is 0. The van der Waals surface area contributed by atoms with Crippen molar-refractivity contribution in [2.24, 2.45) is 5.92 Å². The molecule has 0 saturated carbocycles. The standard InChI is InChI=1S/C13H22N4O2S.ClH/c1-14-8-11-4-2-6-16(10-11)20(18,19)13-9-15-12-5-3-7-17(12)13;/h9,11,14H,2-8,10H2,1H3;1H. The summed E-state index contributed by atoms with van der Waals surface area (Å²) in [6.45, 7) is 2.89. The van der Waals surface area contributed by atoms with Crippen molar-refractivity contribution in [2.75, 3.05) is 26.7 Å². The molecule has 1 aromatic rings. The van der Waals surface area contributed by atoms with Crippen molar-refractivity contribution in [3.63, 3.8) is 0 Å². The van der Waals surface area contributed by atoms with Crippen LogP contribution in [-0.2, 0) is 23.0 Å². The van der Waals surface area contributed by atoms with E-state index < -0.39 is 10.0 Å². The van der Waals surface area contributed by atoms with E-state index >= 15 is 0 Å². The minimum atomic E-state index is -3.39. The van der Waals surface area contributed by atoms with Gasteiger partial charge in [0.2, 0.25) is 0 Å². The number of hydrogen-bond donors (Lipinski definition) is 1. The molecule has 1 unspecified atom stereocenters. The van der Waals surface area contributed by atoms with Crippen LogP contribution in [0.5, 0.6) is 0 Å². The van der Waals surface area contributed by atoms with Crippen LogP contribution in [0.2, 0.25) is 0 Å². The predicted octanol–water partition coefficient (Wildman–Crippen LogP) is 0.871. The number of aryl methyl sites for hydroxylation is 1. The number of imidazole rings is 1. The molecule has 0 bridgehead atoms. The third-order valence-electron chi connectivity index (χ3n) is 4.26. The molecule has 1 fully saturated rings. The summed E-state index contributed by atoms with van der Waals surface area (Å²) in [6.07, 6.45) is 5.45. The predicted molar refractivity (Wildman–Crippen MR) is 83.2 cm³/mol. The van der Waals surface area contributed by atoms with Gasteiger partial charge in [0.15, 0.2) is 5.03 Å². The van der Waals surface area contributed by atoms with Crippen molar-refractivity contribution in [3.8, 4) is 0 Å². The number of aromatic nitrogens is 2. The van der Waals surface area contributed by atoms with Crippen LogP contribution in [-0.4, -0.2) is 49.0 Å². The first-order chi connectivity index (χ1) is 9.63. The summed E-state index contributed by atoms with van der Waals surface area (Å²) in [5, 5.41) is 3.53. The highest BCUT2D eigenvalue weighted by Gasteiger charge is 2.33. The fraction of sp³-hybridized carbons (Fsp3) is 0.769. The van der Waals surface area contributed by atoms with E-state index in [2.05, 4.69) is 10.3 Å². The first kappa shape index (κ1) is 16.7. The van der Waals surface area contributed by atoms with Crippen LogP contribution < -0.4 is 5.32 Å². The Bertz CT molecular complexity index is 585. The Balaban J connectivity index is 0.00000161. The van der Waals surface area contributed by atoms with E-state index in [1.165, 1.54) is 6.20 Å².